The van der Waals surface area contributed by atoms with Gasteiger partial charge in [-0.2, -0.15) is 10.5 Å². The molecule has 3 amide bonds. The molecule has 17 nitrogen and oxygen atoms in total. The molecule has 0 aromatic heterocycles. The maximum absolute atomic E-state index is 11.3. The Morgan fingerprint density at radius 1 is 0.714 bits per heavy atom. The summed E-state index contributed by atoms with van der Waals surface area (Å²) in [5.74, 6) is -4.09. The van der Waals surface area contributed by atoms with Crippen molar-refractivity contribution in [2.75, 3.05) is 0 Å². The molecule has 0 aromatic rings. The Morgan fingerprint density at radius 2 is 1.07 bits per heavy atom. The molecule has 0 bridgehead atoms. The number of nitrogens with two attached hydrogens (primary N) is 2. The molecule has 0 heterocycles. The summed E-state index contributed by atoms with van der Waals surface area (Å²) in [7, 11) is 0. The molecule has 3 atom stereocenters. The highest BCUT2D eigenvalue weighted by Crippen LogP contribution is 2.08. The molecular weight excluding hydrogens is 560 g/mol. The second-order valence-corrected chi connectivity index (χ2v) is 10.4. The van der Waals surface area contributed by atoms with E-state index in [2.05, 4.69) is 10.6 Å². The lowest BCUT2D eigenvalue weighted by Gasteiger charge is -2.21. The van der Waals surface area contributed by atoms with E-state index in [0.29, 0.717) is 0 Å². The van der Waals surface area contributed by atoms with Gasteiger partial charge in [0.25, 0.3) is 0 Å². The fraction of sp³-hybridized carbons (Fsp3) is 0.680. The smallest absolute Gasteiger partial charge is 0.408 e. The van der Waals surface area contributed by atoms with Gasteiger partial charge < -0.3 is 46.9 Å². The largest absolute Gasteiger partial charge is 0.480 e. The van der Waals surface area contributed by atoms with Crippen molar-refractivity contribution in [2.24, 2.45) is 11.5 Å². The lowest BCUT2D eigenvalue weighted by Crippen LogP contribution is -2.43. The molecule has 9 N–H and O–H groups in total. The summed E-state index contributed by atoms with van der Waals surface area (Å²) in [5, 5.41) is 46.4. The number of nitrogens with zero attached hydrogens (tertiary/aromatic N) is 2. The van der Waals surface area contributed by atoms with Crippen LogP contribution in [0.15, 0.2) is 0 Å². The number of nitrogens with one attached hydrogen (secondary N) is 2. The summed E-state index contributed by atoms with van der Waals surface area (Å²) in [6.07, 6.45) is -1.26. The van der Waals surface area contributed by atoms with Crippen LogP contribution in [0.4, 0.5) is 9.59 Å². The van der Waals surface area contributed by atoms with Crippen LogP contribution in [0, 0.1) is 22.7 Å². The Morgan fingerprint density at radius 3 is 1.36 bits per heavy atom. The standard InChI is InChI=1S/C10H18N2O5.C10H16N2O4.C5H8N2O2/c1-10(2,3)17-9(16)12-6(8(14)15)4-5-7(11)13;1-10(2,3)16-9(15)12-7(8(13)14)5-4-6-11;6-3-1-2-4(7)5(8)9/h6H,4-5H2,1-3H3,(H2,11,13)(H,12,16)(H,14,15);7H,4-5H2,1-3H3,(H,12,15)(H,13,14);4H,1-2,7H2,(H,8,9)/t6-;7-;4-/m000/s1. The Kier molecular flexibility index (Phi) is 21.1. The van der Waals surface area contributed by atoms with Crippen LogP contribution in [-0.2, 0) is 28.7 Å². The number of primary amides is 1. The van der Waals surface area contributed by atoms with Crippen LogP contribution in [0.1, 0.15) is 80.1 Å². The predicted octanol–water partition coefficient (Wildman–Crippen LogP) is 1.20. The molecule has 0 saturated carbocycles. The summed E-state index contributed by atoms with van der Waals surface area (Å²) in [6.45, 7) is 10.0. The number of nitriles is 2. The average Bonchev–Trinajstić information content (AvgIpc) is 2.80. The maximum atomic E-state index is 11.3. The van der Waals surface area contributed by atoms with E-state index in [1.807, 2.05) is 12.1 Å². The molecule has 17 heteroatoms. The van der Waals surface area contributed by atoms with Crippen molar-refractivity contribution in [2.45, 2.75) is 109 Å². The minimum Gasteiger partial charge on any atom is -0.480 e. The van der Waals surface area contributed by atoms with E-state index in [0.717, 1.165) is 0 Å². The van der Waals surface area contributed by atoms with Crippen molar-refractivity contribution in [3.63, 3.8) is 0 Å². The third-order valence-electron chi connectivity index (χ3n) is 4.09. The number of ether oxygens (including phenoxy) is 2. The zero-order valence-electron chi connectivity index (χ0n) is 24.6. The molecule has 0 aliphatic carbocycles. The van der Waals surface area contributed by atoms with Crippen molar-refractivity contribution in [3.05, 3.63) is 0 Å². The molecule has 42 heavy (non-hydrogen) atoms. The van der Waals surface area contributed by atoms with Crippen LogP contribution in [-0.4, -0.2) is 80.6 Å². The summed E-state index contributed by atoms with van der Waals surface area (Å²) < 4.78 is 9.80. The predicted molar refractivity (Wildman–Crippen MR) is 145 cm³/mol. The summed E-state index contributed by atoms with van der Waals surface area (Å²) in [6, 6.07) is 0.473. The molecule has 0 radical (unpaired) electrons. The minimum absolute atomic E-state index is 0.0606. The number of carbonyl (C=O) groups excluding carboxylic acids is 3. The Bertz CT molecular complexity index is 991. The van der Waals surface area contributed by atoms with E-state index in [4.69, 9.17) is 46.8 Å². The van der Waals surface area contributed by atoms with Crippen molar-refractivity contribution >= 4 is 36.0 Å². The topological polar surface area (TPSA) is 305 Å². The lowest BCUT2D eigenvalue weighted by molar-refractivity contribution is -0.140. The van der Waals surface area contributed by atoms with Crippen molar-refractivity contribution in [1.82, 2.24) is 10.6 Å². The number of aliphatic carboxylic acids is 3. The highest BCUT2D eigenvalue weighted by Gasteiger charge is 2.25. The lowest BCUT2D eigenvalue weighted by atomic mass is 10.1. The van der Waals surface area contributed by atoms with Gasteiger partial charge in [-0.15, -0.1) is 0 Å². The van der Waals surface area contributed by atoms with E-state index in [9.17, 15) is 28.8 Å². The van der Waals surface area contributed by atoms with Crippen molar-refractivity contribution in [1.29, 1.82) is 10.5 Å². The van der Waals surface area contributed by atoms with Crippen LogP contribution < -0.4 is 22.1 Å². The molecule has 0 fully saturated rings. The van der Waals surface area contributed by atoms with Crippen molar-refractivity contribution in [3.8, 4) is 12.1 Å². The van der Waals surface area contributed by atoms with Gasteiger partial charge in [0.05, 0.1) is 12.1 Å². The molecule has 0 rings (SSSR count). The highest BCUT2D eigenvalue weighted by molar-refractivity contribution is 5.81. The molecule has 238 valence electrons. The Balaban J connectivity index is -0.000000569. The summed E-state index contributed by atoms with van der Waals surface area (Å²) in [5.41, 5.74) is 8.56. The Labute approximate surface area is 244 Å². The molecule has 0 aliphatic rings. The first-order valence-electron chi connectivity index (χ1n) is 12.5. The number of rotatable bonds is 12. The molecule has 0 aliphatic heterocycles. The third-order valence-corrected chi connectivity index (χ3v) is 4.09. The fourth-order valence-corrected chi connectivity index (χ4v) is 2.25. The van der Waals surface area contributed by atoms with Crippen LogP contribution in [0.3, 0.4) is 0 Å². The van der Waals surface area contributed by atoms with Crippen LogP contribution >= 0.6 is 0 Å². The van der Waals surface area contributed by atoms with E-state index < -0.39 is 65.3 Å². The zero-order chi connectivity index (χ0) is 33.7. The van der Waals surface area contributed by atoms with Gasteiger partial charge in [-0.25, -0.2) is 19.2 Å². The molecule has 0 unspecified atom stereocenters. The zero-order valence-corrected chi connectivity index (χ0v) is 24.6. The number of carboxylic acids is 3. The highest BCUT2D eigenvalue weighted by atomic mass is 16.6. The number of hydrogen-bond donors (Lipinski definition) is 7. The minimum atomic E-state index is -1.24. The first-order valence-corrected chi connectivity index (χ1v) is 12.5. The van der Waals surface area contributed by atoms with Gasteiger partial charge in [-0.05, 0) is 60.8 Å². The van der Waals surface area contributed by atoms with Gasteiger partial charge in [0.15, 0.2) is 0 Å². The monoisotopic (exact) mass is 602 g/mol. The Hall–Kier alpha value is -4.64. The summed E-state index contributed by atoms with van der Waals surface area (Å²) in [4.78, 5) is 64.6. The van der Waals surface area contributed by atoms with Crippen molar-refractivity contribution < 1.29 is 53.6 Å². The van der Waals surface area contributed by atoms with Crippen LogP contribution in [0.5, 0.6) is 0 Å². The third kappa shape index (κ3) is 28.4. The molecular formula is C25H42N6O11. The average molecular weight is 603 g/mol. The number of amides is 3. The summed E-state index contributed by atoms with van der Waals surface area (Å²) >= 11 is 0. The number of alkyl carbamates (subject to hydrolysis) is 2. The van der Waals surface area contributed by atoms with Crippen LogP contribution in [0.25, 0.3) is 0 Å². The first-order chi connectivity index (χ1) is 19.1. The van der Waals surface area contributed by atoms with Gasteiger partial charge >= 0.3 is 30.1 Å². The van der Waals surface area contributed by atoms with Gasteiger partial charge in [-0.1, -0.05) is 0 Å². The van der Waals surface area contributed by atoms with E-state index in [-0.39, 0.29) is 38.5 Å². The molecule has 0 saturated heterocycles. The van der Waals surface area contributed by atoms with Gasteiger partial charge in [0, 0.05) is 19.3 Å². The maximum Gasteiger partial charge on any atom is 0.408 e. The SMILES string of the molecule is CC(C)(C)OC(=O)N[C@@H](CCC#N)C(=O)O.CC(C)(C)OC(=O)N[C@@H](CCC(N)=O)C(=O)O.N#CCC[C@H](N)C(=O)O. The van der Waals surface area contributed by atoms with Gasteiger partial charge in [-0.3, -0.25) is 9.59 Å². The van der Waals surface area contributed by atoms with E-state index in [1.54, 1.807) is 41.5 Å². The second kappa shape index (κ2) is 21.2. The molecule has 0 spiro atoms. The first kappa shape index (κ1) is 41.8. The quantitative estimate of drug-likeness (QED) is 0.165. The van der Waals surface area contributed by atoms with E-state index >= 15 is 0 Å². The van der Waals surface area contributed by atoms with Crippen LogP contribution in [0.2, 0.25) is 0 Å². The number of carboxylic acid groups (broad SMARTS) is 3. The van der Waals surface area contributed by atoms with Gasteiger partial charge in [0.1, 0.15) is 29.3 Å². The molecule has 0 aromatic carbocycles. The number of carbonyl (C=O) groups is 6. The second-order valence-electron chi connectivity index (χ2n) is 10.4. The number of hydrogen-bond acceptors (Lipinski definition) is 11. The van der Waals surface area contributed by atoms with E-state index in [1.165, 1.54) is 0 Å². The fourth-order valence-electron chi connectivity index (χ4n) is 2.25. The normalized spacial score (nSPS) is 12.4. The van der Waals surface area contributed by atoms with Gasteiger partial charge in [0.2, 0.25) is 5.91 Å².